The second kappa shape index (κ2) is 6.09. The number of alkyl halides is 3. The lowest BCUT2D eigenvalue weighted by atomic mass is 10.1. The fourth-order valence-corrected chi connectivity index (χ4v) is 3.05. The van der Waals surface area contributed by atoms with Gasteiger partial charge in [0.1, 0.15) is 5.82 Å². The van der Waals surface area contributed by atoms with Crippen LogP contribution >= 0.6 is 15.9 Å². The molecule has 1 heterocycles. The molecule has 0 bridgehead atoms. The molecular weight excluding hydrogens is 375 g/mol. The lowest BCUT2D eigenvalue weighted by Crippen LogP contribution is -2.48. The Morgan fingerprint density at radius 1 is 1.33 bits per heavy atom. The smallest absolute Gasteiger partial charge is 0.368 e. The van der Waals surface area contributed by atoms with Crippen LogP contribution < -0.4 is 10.0 Å². The zero-order valence-corrected chi connectivity index (χ0v) is 13.9. The normalized spacial score (nSPS) is 13.3. The molecule has 1 rings (SSSR count). The first-order valence-electron chi connectivity index (χ1n) is 5.76. The Kier molecular flexibility index (Phi) is 5.27. The topological polar surface area (TPSA) is 71.1 Å². The molecule has 1 aromatic heterocycles. The SMILES string of the molecule is CC(C)(CNc1ncc(Br)cc1C(F)(F)F)NS(C)(=O)=O. The molecule has 0 spiro atoms. The van der Waals surface area contributed by atoms with Crippen LogP contribution in [0.5, 0.6) is 0 Å². The van der Waals surface area contributed by atoms with Gasteiger partial charge in [0, 0.05) is 22.8 Å². The summed E-state index contributed by atoms with van der Waals surface area (Å²) >= 11 is 2.94. The van der Waals surface area contributed by atoms with E-state index in [1.54, 1.807) is 13.8 Å². The Labute approximate surface area is 129 Å². The zero-order valence-electron chi connectivity index (χ0n) is 11.5. The largest absolute Gasteiger partial charge is 0.419 e. The first-order valence-corrected chi connectivity index (χ1v) is 8.44. The molecule has 0 aliphatic carbocycles. The Morgan fingerprint density at radius 2 is 1.90 bits per heavy atom. The van der Waals surface area contributed by atoms with E-state index >= 15 is 0 Å². The monoisotopic (exact) mass is 389 g/mol. The van der Waals surface area contributed by atoms with E-state index in [4.69, 9.17) is 0 Å². The molecule has 0 aliphatic heterocycles. The first kappa shape index (κ1) is 18.2. The van der Waals surface area contributed by atoms with E-state index in [0.29, 0.717) is 0 Å². The van der Waals surface area contributed by atoms with Crippen LogP contribution in [0.15, 0.2) is 16.7 Å². The summed E-state index contributed by atoms with van der Waals surface area (Å²) < 4.78 is 63.6. The number of rotatable bonds is 5. The minimum atomic E-state index is -4.56. The highest BCUT2D eigenvalue weighted by molar-refractivity contribution is 9.10. The van der Waals surface area contributed by atoms with Crippen LogP contribution in [-0.4, -0.2) is 31.7 Å². The number of nitrogens with one attached hydrogen (secondary N) is 2. The number of sulfonamides is 1. The molecule has 0 fully saturated rings. The summed E-state index contributed by atoms with van der Waals surface area (Å²) in [6.07, 6.45) is -2.35. The second-order valence-electron chi connectivity index (χ2n) is 5.16. The Bertz CT molecular complexity index is 618. The summed E-state index contributed by atoms with van der Waals surface area (Å²) in [7, 11) is -3.47. The number of pyridine rings is 1. The fraction of sp³-hybridized carbons (Fsp3) is 0.545. The maximum Gasteiger partial charge on any atom is 0.419 e. The molecule has 21 heavy (non-hydrogen) atoms. The molecule has 1 aromatic rings. The number of aromatic nitrogens is 1. The van der Waals surface area contributed by atoms with E-state index in [2.05, 4.69) is 31.0 Å². The van der Waals surface area contributed by atoms with Crippen molar-refractivity contribution in [3.8, 4) is 0 Å². The van der Waals surface area contributed by atoms with Gasteiger partial charge in [-0.2, -0.15) is 13.2 Å². The number of halogens is 4. The van der Waals surface area contributed by atoms with Crippen LogP contribution in [0.3, 0.4) is 0 Å². The van der Waals surface area contributed by atoms with Gasteiger partial charge in [0.15, 0.2) is 0 Å². The summed E-state index contributed by atoms with van der Waals surface area (Å²) in [4.78, 5) is 3.69. The van der Waals surface area contributed by atoms with Crippen molar-refractivity contribution in [2.45, 2.75) is 25.6 Å². The lowest BCUT2D eigenvalue weighted by Gasteiger charge is -2.26. The fourth-order valence-electron chi connectivity index (χ4n) is 1.64. The average molecular weight is 390 g/mol. The lowest BCUT2D eigenvalue weighted by molar-refractivity contribution is -0.137. The number of hydrogen-bond acceptors (Lipinski definition) is 4. The van der Waals surface area contributed by atoms with E-state index in [-0.39, 0.29) is 16.8 Å². The van der Waals surface area contributed by atoms with Gasteiger partial charge in [-0.05, 0) is 35.8 Å². The Hall–Kier alpha value is -0.870. The van der Waals surface area contributed by atoms with Gasteiger partial charge in [-0.3, -0.25) is 0 Å². The van der Waals surface area contributed by atoms with Crippen LogP contribution in [0.1, 0.15) is 19.4 Å². The summed E-state index contributed by atoms with van der Waals surface area (Å²) in [5.41, 5.74) is -1.89. The van der Waals surface area contributed by atoms with Crippen molar-refractivity contribution < 1.29 is 21.6 Å². The van der Waals surface area contributed by atoms with Gasteiger partial charge in [-0.15, -0.1) is 0 Å². The molecular formula is C11H15BrF3N3O2S. The van der Waals surface area contributed by atoms with Gasteiger partial charge in [0.2, 0.25) is 10.0 Å². The molecule has 0 radical (unpaired) electrons. The zero-order chi connectivity index (χ0) is 16.5. The average Bonchev–Trinajstić information content (AvgIpc) is 2.22. The number of hydrogen-bond donors (Lipinski definition) is 2. The van der Waals surface area contributed by atoms with Gasteiger partial charge in [-0.1, -0.05) is 0 Å². The van der Waals surface area contributed by atoms with Gasteiger partial charge >= 0.3 is 6.18 Å². The third-order valence-electron chi connectivity index (χ3n) is 2.32. The van der Waals surface area contributed by atoms with Crippen molar-refractivity contribution in [3.63, 3.8) is 0 Å². The summed E-state index contributed by atoms with van der Waals surface area (Å²) in [5, 5.41) is 2.53. The van der Waals surface area contributed by atoms with Crippen LogP contribution in [0.25, 0.3) is 0 Å². The van der Waals surface area contributed by atoms with Gasteiger partial charge < -0.3 is 5.32 Å². The predicted molar refractivity (Wildman–Crippen MR) is 77.5 cm³/mol. The highest BCUT2D eigenvalue weighted by atomic mass is 79.9. The quantitative estimate of drug-likeness (QED) is 0.811. The van der Waals surface area contributed by atoms with E-state index in [0.717, 1.165) is 12.3 Å². The molecule has 0 atom stereocenters. The van der Waals surface area contributed by atoms with Crippen LogP contribution in [0.2, 0.25) is 0 Å². The standard InChI is InChI=1S/C11H15BrF3N3O2S/c1-10(2,18-21(3,19)20)6-17-9-8(11(13,14)15)4-7(12)5-16-9/h4-5,18H,6H2,1-3H3,(H,16,17). The number of nitrogens with zero attached hydrogens (tertiary/aromatic N) is 1. The van der Waals surface area contributed by atoms with Gasteiger partial charge in [-0.25, -0.2) is 18.1 Å². The highest BCUT2D eigenvalue weighted by Crippen LogP contribution is 2.35. The van der Waals surface area contributed by atoms with E-state index < -0.39 is 27.3 Å². The van der Waals surface area contributed by atoms with Crippen LogP contribution in [0, 0.1) is 0 Å². The molecule has 0 amide bonds. The van der Waals surface area contributed by atoms with Crippen molar-refractivity contribution in [1.29, 1.82) is 0 Å². The molecule has 5 nitrogen and oxygen atoms in total. The predicted octanol–water partition coefficient (Wildman–Crippen LogP) is 2.60. The highest BCUT2D eigenvalue weighted by Gasteiger charge is 2.35. The summed E-state index contributed by atoms with van der Waals surface area (Å²) in [6.45, 7) is 3.04. The van der Waals surface area contributed by atoms with E-state index in [1.165, 1.54) is 6.20 Å². The molecule has 0 unspecified atom stereocenters. The van der Waals surface area contributed by atoms with Crippen molar-refractivity contribution in [3.05, 3.63) is 22.3 Å². The van der Waals surface area contributed by atoms with Crippen molar-refractivity contribution >= 4 is 31.8 Å². The molecule has 2 N–H and O–H groups in total. The van der Waals surface area contributed by atoms with E-state index in [9.17, 15) is 21.6 Å². The van der Waals surface area contributed by atoms with Crippen molar-refractivity contribution in [2.24, 2.45) is 0 Å². The van der Waals surface area contributed by atoms with Crippen LogP contribution in [-0.2, 0) is 16.2 Å². The third kappa shape index (κ3) is 6.18. The molecule has 0 saturated heterocycles. The first-order chi connectivity index (χ1) is 9.30. The van der Waals surface area contributed by atoms with Crippen molar-refractivity contribution in [2.75, 3.05) is 18.1 Å². The Morgan fingerprint density at radius 3 is 2.38 bits per heavy atom. The molecule has 0 saturated carbocycles. The van der Waals surface area contributed by atoms with E-state index in [1.807, 2.05) is 0 Å². The molecule has 0 aromatic carbocycles. The minimum absolute atomic E-state index is 0.0578. The van der Waals surface area contributed by atoms with Gasteiger partial charge in [0.25, 0.3) is 0 Å². The Balaban J connectivity index is 2.94. The summed E-state index contributed by atoms with van der Waals surface area (Å²) in [5.74, 6) is -0.353. The number of anilines is 1. The minimum Gasteiger partial charge on any atom is -0.368 e. The maximum absolute atomic E-state index is 12.9. The molecule has 120 valence electrons. The summed E-state index contributed by atoms with van der Waals surface area (Å²) in [6, 6.07) is 0.909. The van der Waals surface area contributed by atoms with Crippen molar-refractivity contribution in [1.82, 2.24) is 9.71 Å². The second-order valence-corrected chi connectivity index (χ2v) is 7.82. The molecule has 10 heteroatoms. The third-order valence-corrected chi connectivity index (χ3v) is 3.68. The maximum atomic E-state index is 12.9. The van der Waals surface area contributed by atoms with Crippen LogP contribution in [0.4, 0.5) is 19.0 Å². The molecule has 0 aliphatic rings. The van der Waals surface area contributed by atoms with Gasteiger partial charge in [0.05, 0.1) is 11.8 Å².